The molecule has 1 heterocycles. The summed E-state index contributed by atoms with van der Waals surface area (Å²) in [7, 11) is 0. The first-order valence-corrected chi connectivity index (χ1v) is 6.60. The first kappa shape index (κ1) is 14.6. The molecule has 0 amide bonds. The lowest BCUT2D eigenvalue weighted by Gasteiger charge is -2.22. The molecule has 1 fully saturated rings. The second-order valence-electron chi connectivity index (χ2n) is 4.78. The van der Waals surface area contributed by atoms with E-state index in [9.17, 15) is 9.90 Å². The third-order valence-electron chi connectivity index (χ3n) is 3.27. The number of ether oxygens (including phenoxy) is 1. The number of hydrogen-bond acceptors (Lipinski definition) is 5. The lowest BCUT2D eigenvalue weighted by atomic mass is 10.0. The van der Waals surface area contributed by atoms with Crippen LogP contribution < -0.4 is 5.32 Å². The Labute approximate surface area is 117 Å². The Hall–Kier alpha value is -1.85. The number of rotatable bonds is 5. The highest BCUT2D eigenvalue weighted by Crippen LogP contribution is 2.23. The van der Waals surface area contributed by atoms with Crippen molar-refractivity contribution in [2.45, 2.75) is 38.2 Å². The predicted molar refractivity (Wildman–Crippen MR) is 75.1 cm³/mol. The number of esters is 1. The minimum atomic E-state index is -0.819. The van der Waals surface area contributed by atoms with E-state index in [4.69, 9.17) is 9.84 Å². The molecule has 1 aromatic rings. The summed E-state index contributed by atoms with van der Waals surface area (Å²) in [6.45, 7) is 1.80. The van der Waals surface area contributed by atoms with E-state index in [0.29, 0.717) is 0 Å². The number of nitrogens with one attached hydrogen (secondary N) is 1. The molecule has 2 rings (SSSR count). The molecule has 0 bridgehead atoms. The fraction of sp³-hybridized carbons (Fsp3) is 0.400. The summed E-state index contributed by atoms with van der Waals surface area (Å²) in [6.07, 6.45) is 2.15. The van der Waals surface area contributed by atoms with Gasteiger partial charge in [0.1, 0.15) is 6.10 Å². The van der Waals surface area contributed by atoms with Gasteiger partial charge in [0.25, 0.3) is 0 Å². The van der Waals surface area contributed by atoms with Gasteiger partial charge in [-0.1, -0.05) is 24.3 Å². The zero-order valence-corrected chi connectivity index (χ0v) is 11.3. The van der Waals surface area contributed by atoms with Crippen molar-refractivity contribution in [2.24, 2.45) is 0 Å². The number of carbonyl (C=O) groups is 1. The standard InChI is InChI=1S/C15H19NO4/c1-2-3-13(18)15-12(8-14(19)20-15)16-11-6-4-10(9-17)5-7-11/h2-7,12-13,15-18H,8-9H2,1H3/b3-2+. The highest BCUT2D eigenvalue weighted by atomic mass is 16.6. The second kappa shape index (κ2) is 6.54. The van der Waals surface area contributed by atoms with Gasteiger partial charge in [-0.05, 0) is 24.6 Å². The molecule has 5 nitrogen and oxygen atoms in total. The average Bonchev–Trinajstić information content (AvgIpc) is 2.81. The maximum Gasteiger partial charge on any atom is 0.308 e. The van der Waals surface area contributed by atoms with Crippen LogP contribution in [0.15, 0.2) is 36.4 Å². The van der Waals surface area contributed by atoms with Crippen molar-refractivity contribution < 1.29 is 19.7 Å². The van der Waals surface area contributed by atoms with Gasteiger partial charge in [-0.2, -0.15) is 0 Å². The van der Waals surface area contributed by atoms with Gasteiger partial charge in [-0.25, -0.2) is 0 Å². The Bertz CT molecular complexity index is 483. The van der Waals surface area contributed by atoms with Gasteiger partial charge in [0.05, 0.1) is 19.1 Å². The normalized spacial score (nSPS) is 23.9. The van der Waals surface area contributed by atoms with Crippen LogP contribution >= 0.6 is 0 Å². The predicted octanol–water partition coefficient (Wildman–Crippen LogP) is 1.21. The fourth-order valence-corrected chi connectivity index (χ4v) is 2.25. The number of aliphatic hydroxyl groups is 2. The maximum absolute atomic E-state index is 11.4. The van der Waals surface area contributed by atoms with Crippen LogP contribution in [0, 0.1) is 0 Å². The summed E-state index contributed by atoms with van der Waals surface area (Å²) in [5, 5.41) is 22.1. The lowest BCUT2D eigenvalue weighted by molar-refractivity contribution is -0.144. The van der Waals surface area contributed by atoms with Crippen LogP contribution in [0.5, 0.6) is 0 Å². The van der Waals surface area contributed by atoms with Gasteiger partial charge in [-0.3, -0.25) is 4.79 Å². The molecular weight excluding hydrogens is 258 g/mol. The number of benzene rings is 1. The van der Waals surface area contributed by atoms with Gasteiger partial charge >= 0.3 is 5.97 Å². The Morgan fingerprint density at radius 3 is 2.75 bits per heavy atom. The molecule has 3 unspecified atom stereocenters. The van der Waals surface area contributed by atoms with Crippen molar-refractivity contribution in [1.82, 2.24) is 0 Å². The van der Waals surface area contributed by atoms with Crippen molar-refractivity contribution in [1.29, 1.82) is 0 Å². The molecule has 0 spiro atoms. The number of anilines is 1. The Morgan fingerprint density at radius 1 is 1.45 bits per heavy atom. The van der Waals surface area contributed by atoms with Gasteiger partial charge in [0.15, 0.2) is 6.10 Å². The molecule has 0 aliphatic carbocycles. The number of carbonyl (C=O) groups excluding carboxylic acids is 1. The van der Waals surface area contributed by atoms with E-state index in [0.717, 1.165) is 11.3 Å². The van der Waals surface area contributed by atoms with E-state index in [1.54, 1.807) is 31.2 Å². The molecule has 1 aliphatic heterocycles. The Morgan fingerprint density at radius 2 is 2.15 bits per heavy atom. The number of cyclic esters (lactones) is 1. The minimum Gasteiger partial charge on any atom is -0.457 e. The molecule has 108 valence electrons. The highest BCUT2D eigenvalue weighted by Gasteiger charge is 2.38. The van der Waals surface area contributed by atoms with E-state index >= 15 is 0 Å². The van der Waals surface area contributed by atoms with Crippen LogP contribution in [0.3, 0.4) is 0 Å². The third kappa shape index (κ3) is 3.37. The first-order chi connectivity index (χ1) is 9.63. The summed E-state index contributed by atoms with van der Waals surface area (Å²) < 4.78 is 5.16. The number of allylic oxidation sites excluding steroid dienone is 1. The third-order valence-corrected chi connectivity index (χ3v) is 3.27. The first-order valence-electron chi connectivity index (χ1n) is 6.60. The highest BCUT2D eigenvalue weighted by molar-refractivity contribution is 5.74. The summed E-state index contributed by atoms with van der Waals surface area (Å²) in [6, 6.07) is 6.99. The summed E-state index contributed by atoms with van der Waals surface area (Å²) in [4.78, 5) is 11.4. The van der Waals surface area contributed by atoms with Gasteiger partial charge in [0.2, 0.25) is 0 Å². The molecule has 0 saturated carbocycles. The van der Waals surface area contributed by atoms with Crippen LogP contribution in [-0.4, -0.2) is 34.4 Å². The summed E-state index contributed by atoms with van der Waals surface area (Å²) >= 11 is 0. The van der Waals surface area contributed by atoms with E-state index < -0.39 is 12.2 Å². The lowest BCUT2D eigenvalue weighted by Crippen LogP contribution is -2.38. The van der Waals surface area contributed by atoms with E-state index in [1.165, 1.54) is 0 Å². The van der Waals surface area contributed by atoms with Crippen molar-refractivity contribution in [3.8, 4) is 0 Å². The van der Waals surface area contributed by atoms with Crippen molar-refractivity contribution in [3.63, 3.8) is 0 Å². The zero-order valence-electron chi connectivity index (χ0n) is 11.3. The molecule has 1 aromatic carbocycles. The van der Waals surface area contributed by atoms with Gasteiger partial charge < -0.3 is 20.3 Å². The Balaban J connectivity index is 2.07. The molecule has 3 atom stereocenters. The fourth-order valence-electron chi connectivity index (χ4n) is 2.25. The van der Waals surface area contributed by atoms with E-state index in [-0.39, 0.29) is 25.0 Å². The summed E-state index contributed by atoms with van der Waals surface area (Å²) in [5.41, 5.74) is 1.64. The van der Waals surface area contributed by atoms with Crippen LogP contribution in [0.1, 0.15) is 18.9 Å². The zero-order chi connectivity index (χ0) is 14.5. The van der Waals surface area contributed by atoms with Crippen LogP contribution in [0.25, 0.3) is 0 Å². The van der Waals surface area contributed by atoms with E-state index in [2.05, 4.69) is 5.32 Å². The van der Waals surface area contributed by atoms with Gasteiger partial charge in [0, 0.05) is 5.69 Å². The topological polar surface area (TPSA) is 78.8 Å². The van der Waals surface area contributed by atoms with E-state index in [1.807, 2.05) is 12.1 Å². The quantitative estimate of drug-likeness (QED) is 0.557. The Kier molecular flexibility index (Phi) is 4.76. The molecule has 1 aliphatic rings. The van der Waals surface area contributed by atoms with Crippen molar-refractivity contribution >= 4 is 11.7 Å². The molecule has 1 saturated heterocycles. The van der Waals surface area contributed by atoms with Crippen LogP contribution in [0.4, 0.5) is 5.69 Å². The monoisotopic (exact) mass is 277 g/mol. The molecule has 5 heteroatoms. The molecule has 0 aromatic heterocycles. The molecular formula is C15H19NO4. The maximum atomic E-state index is 11.4. The molecule has 0 radical (unpaired) electrons. The van der Waals surface area contributed by atoms with Crippen LogP contribution in [0.2, 0.25) is 0 Å². The molecule has 20 heavy (non-hydrogen) atoms. The van der Waals surface area contributed by atoms with Gasteiger partial charge in [-0.15, -0.1) is 0 Å². The smallest absolute Gasteiger partial charge is 0.308 e. The van der Waals surface area contributed by atoms with Crippen molar-refractivity contribution in [2.75, 3.05) is 5.32 Å². The number of aliphatic hydroxyl groups excluding tert-OH is 2. The average molecular weight is 277 g/mol. The van der Waals surface area contributed by atoms with Crippen LogP contribution in [-0.2, 0) is 16.1 Å². The molecule has 3 N–H and O–H groups in total. The minimum absolute atomic E-state index is 0.00601. The number of hydrogen-bond donors (Lipinski definition) is 3. The second-order valence-corrected chi connectivity index (χ2v) is 4.78. The summed E-state index contributed by atoms with van der Waals surface area (Å²) in [5.74, 6) is -0.317. The largest absolute Gasteiger partial charge is 0.457 e. The SMILES string of the molecule is C/C=C/C(O)C1OC(=O)CC1Nc1ccc(CO)cc1. The van der Waals surface area contributed by atoms with Crippen molar-refractivity contribution in [3.05, 3.63) is 42.0 Å².